The molecule has 1 aliphatic carbocycles. The first-order valence-electron chi connectivity index (χ1n) is 13.6. The summed E-state index contributed by atoms with van der Waals surface area (Å²) in [6.45, 7) is 3.69. The number of carbonyl (C=O) groups is 1. The van der Waals surface area contributed by atoms with Crippen molar-refractivity contribution in [3.05, 3.63) is 105 Å². The van der Waals surface area contributed by atoms with Crippen LogP contribution in [0, 0.1) is 13.8 Å². The van der Waals surface area contributed by atoms with Crippen LogP contribution in [-0.4, -0.2) is 25.4 Å². The van der Waals surface area contributed by atoms with Crippen LogP contribution < -0.4 is 15.1 Å². The summed E-state index contributed by atoms with van der Waals surface area (Å²) in [5.74, 6) is -0.501. The molecule has 2 N–H and O–H groups in total. The highest BCUT2D eigenvalue weighted by Crippen LogP contribution is 2.35. The minimum absolute atomic E-state index is 0.0525. The van der Waals surface area contributed by atoms with Crippen molar-refractivity contribution in [2.24, 2.45) is 0 Å². The van der Waals surface area contributed by atoms with E-state index in [9.17, 15) is 18.0 Å². The number of rotatable bonds is 7. The molecule has 6 rings (SSSR count). The smallest absolute Gasteiger partial charge is 0.339 e. The first-order valence-corrected chi connectivity index (χ1v) is 15.1. The van der Waals surface area contributed by atoms with Crippen LogP contribution in [0.2, 0.25) is 0 Å². The van der Waals surface area contributed by atoms with Crippen molar-refractivity contribution in [1.29, 1.82) is 0 Å². The molecule has 210 valence electrons. The monoisotopic (exact) mass is 570 g/mol. The Morgan fingerprint density at radius 1 is 1.00 bits per heavy atom. The van der Waals surface area contributed by atoms with Crippen molar-refractivity contribution in [2.75, 3.05) is 0 Å². The Labute approximate surface area is 237 Å². The van der Waals surface area contributed by atoms with E-state index in [0.29, 0.717) is 29.4 Å². The highest BCUT2D eigenvalue weighted by molar-refractivity contribution is 7.89. The van der Waals surface area contributed by atoms with Gasteiger partial charge in [0.25, 0.3) is 0 Å². The molecule has 5 aromatic rings. The number of aromatic nitrogens is 1. The van der Waals surface area contributed by atoms with E-state index in [1.807, 2.05) is 38.1 Å². The van der Waals surface area contributed by atoms with E-state index in [0.717, 1.165) is 46.0 Å². The minimum Gasteiger partial charge on any atom is -0.425 e. The van der Waals surface area contributed by atoms with E-state index >= 15 is 0 Å². The molecule has 0 unspecified atom stereocenters. The van der Waals surface area contributed by atoms with Gasteiger partial charge >= 0.3 is 11.6 Å². The number of sulfonamides is 1. The molecular weight excluding hydrogens is 540 g/mol. The van der Waals surface area contributed by atoms with E-state index < -0.39 is 22.0 Å². The molecule has 0 radical (unpaired) electrons. The van der Waals surface area contributed by atoms with Crippen molar-refractivity contribution < 1.29 is 22.4 Å². The highest BCUT2D eigenvalue weighted by atomic mass is 32.2. The van der Waals surface area contributed by atoms with Crippen molar-refractivity contribution in [3.63, 3.8) is 0 Å². The fourth-order valence-corrected chi connectivity index (χ4v) is 6.78. The highest BCUT2D eigenvalue weighted by Gasteiger charge is 2.30. The predicted octanol–water partition coefficient (Wildman–Crippen LogP) is 5.27. The third-order valence-electron chi connectivity index (χ3n) is 7.65. The van der Waals surface area contributed by atoms with Crippen LogP contribution >= 0.6 is 0 Å². The first kappa shape index (κ1) is 27.0. The Hall–Kier alpha value is -4.21. The summed E-state index contributed by atoms with van der Waals surface area (Å²) in [5, 5.41) is 1.47. The van der Waals surface area contributed by atoms with Gasteiger partial charge in [0.2, 0.25) is 10.0 Å². The average Bonchev–Trinajstić information content (AvgIpc) is 3.35. The number of ether oxygens (including phenoxy) is 1. The van der Waals surface area contributed by atoms with Crippen LogP contribution in [0.15, 0.2) is 81.0 Å². The van der Waals surface area contributed by atoms with Gasteiger partial charge in [-0.2, -0.15) is 4.72 Å². The molecule has 0 amide bonds. The van der Waals surface area contributed by atoms with Crippen LogP contribution in [0.5, 0.6) is 5.75 Å². The normalized spacial score (nSPS) is 14.2. The van der Waals surface area contributed by atoms with Gasteiger partial charge in [0.15, 0.2) is 0 Å². The zero-order chi connectivity index (χ0) is 28.7. The Kier molecular flexibility index (Phi) is 7.01. The van der Waals surface area contributed by atoms with Gasteiger partial charge in [-0.3, -0.25) is 0 Å². The largest absolute Gasteiger partial charge is 0.425 e. The van der Waals surface area contributed by atoms with Gasteiger partial charge in [-0.15, -0.1) is 0 Å². The molecule has 0 spiro atoms. The van der Waals surface area contributed by atoms with Crippen LogP contribution in [0.25, 0.3) is 21.9 Å². The van der Waals surface area contributed by atoms with E-state index in [4.69, 9.17) is 9.15 Å². The molecular formula is C32H30N2O6S. The summed E-state index contributed by atoms with van der Waals surface area (Å²) >= 11 is 0. The third kappa shape index (κ3) is 5.30. The van der Waals surface area contributed by atoms with E-state index in [2.05, 4.69) is 9.71 Å². The zero-order valence-corrected chi connectivity index (χ0v) is 23.6. The minimum atomic E-state index is -4.06. The lowest BCUT2D eigenvalue weighted by molar-refractivity contribution is -0.136. The average molecular weight is 571 g/mol. The fourth-order valence-electron chi connectivity index (χ4n) is 5.59. The Balaban J connectivity index is 1.41. The van der Waals surface area contributed by atoms with Crippen molar-refractivity contribution in [3.8, 4) is 5.75 Å². The second kappa shape index (κ2) is 10.6. The quantitative estimate of drug-likeness (QED) is 0.156. The molecule has 1 atom stereocenters. The van der Waals surface area contributed by atoms with Gasteiger partial charge in [0.05, 0.1) is 10.3 Å². The Morgan fingerprint density at radius 3 is 2.51 bits per heavy atom. The first-order chi connectivity index (χ1) is 19.7. The number of para-hydroxylation sites is 1. The third-order valence-corrected chi connectivity index (χ3v) is 9.14. The van der Waals surface area contributed by atoms with Crippen molar-refractivity contribution in [2.45, 2.75) is 56.9 Å². The summed E-state index contributed by atoms with van der Waals surface area (Å²) < 4.78 is 41.1. The molecule has 2 heterocycles. The zero-order valence-electron chi connectivity index (χ0n) is 22.8. The van der Waals surface area contributed by atoms with Gasteiger partial charge in [0, 0.05) is 29.1 Å². The molecule has 0 saturated heterocycles. The lowest BCUT2D eigenvalue weighted by Gasteiger charge is -2.21. The SMILES string of the molecule is Cc1ccc(S(=O)(=O)N[C@H](Cc2c[nH]c3ccccc23)C(=O)Oc2cc(C)cc3oc(=O)c4c(c23)CCCC4)cc1. The molecule has 0 fully saturated rings. The van der Waals surface area contributed by atoms with Gasteiger partial charge in [-0.05, 0) is 86.6 Å². The van der Waals surface area contributed by atoms with Crippen LogP contribution in [0.1, 0.15) is 40.7 Å². The second-order valence-electron chi connectivity index (χ2n) is 10.7. The number of carbonyl (C=O) groups excluding carboxylic acids is 1. The standard InChI is InChI=1S/C32H30N2O6S/c1-19-11-13-22(14-12-19)41(37,38)34-27(17-21-18-33-26-10-6-5-7-23(21)26)32(36)40-29-16-20(2)15-28-30(29)24-8-3-4-9-25(24)31(35)39-28/h5-7,10-16,18,27,33-34H,3-4,8-9,17H2,1-2H3/t27-/m1/s1. The topological polar surface area (TPSA) is 118 Å². The Bertz CT molecular complexity index is 1950. The van der Waals surface area contributed by atoms with E-state index in [-0.39, 0.29) is 22.7 Å². The molecule has 9 heteroatoms. The second-order valence-corrected chi connectivity index (χ2v) is 12.4. The summed E-state index contributed by atoms with van der Waals surface area (Å²) in [7, 11) is -4.06. The molecule has 2 aromatic heterocycles. The van der Waals surface area contributed by atoms with Crippen LogP contribution in [0.3, 0.4) is 0 Å². The van der Waals surface area contributed by atoms with E-state index in [1.165, 1.54) is 12.1 Å². The number of aryl methyl sites for hydroxylation is 3. The number of nitrogens with one attached hydrogen (secondary N) is 2. The maximum Gasteiger partial charge on any atom is 0.339 e. The molecule has 0 aliphatic heterocycles. The summed E-state index contributed by atoms with van der Waals surface area (Å²) in [6.07, 6.45) is 4.91. The molecule has 0 saturated carbocycles. The van der Waals surface area contributed by atoms with Crippen LogP contribution in [0.4, 0.5) is 0 Å². The number of esters is 1. The number of benzene rings is 3. The van der Waals surface area contributed by atoms with E-state index in [1.54, 1.807) is 30.5 Å². The summed E-state index contributed by atoms with van der Waals surface area (Å²) in [5.41, 5.74) is 4.74. The van der Waals surface area contributed by atoms with Crippen LogP contribution in [-0.2, 0) is 34.1 Å². The number of hydrogen-bond donors (Lipinski definition) is 2. The number of hydrogen-bond acceptors (Lipinski definition) is 6. The number of fused-ring (bicyclic) bond motifs is 4. The van der Waals surface area contributed by atoms with Crippen molar-refractivity contribution in [1.82, 2.24) is 9.71 Å². The van der Waals surface area contributed by atoms with Gasteiger partial charge < -0.3 is 14.1 Å². The van der Waals surface area contributed by atoms with Gasteiger partial charge in [0.1, 0.15) is 17.4 Å². The number of aromatic amines is 1. The molecule has 1 aliphatic rings. The van der Waals surface area contributed by atoms with Gasteiger partial charge in [-0.1, -0.05) is 35.9 Å². The summed E-state index contributed by atoms with van der Waals surface area (Å²) in [6, 6.07) is 16.3. The molecule has 0 bridgehead atoms. The summed E-state index contributed by atoms with van der Waals surface area (Å²) in [4.78, 5) is 29.8. The predicted molar refractivity (Wildman–Crippen MR) is 157 cm³/mol. The Morgan fingerprint density at radius 2 is 1.73 bits per heavy atom. The maximum atomic E-state index is 13.9. The number of H-pyrrole nitrogens is 1. The van der Waals surface area contributed by atoms with Gasteiger partial charge in [-0.25, -0.2) is 18.0 Å². The van der Waals surface area contributed by atoms with Crippen molar-refractivity contribution >= 4 is 37.9 Å². The molecule has 8 nitrogen and oxygen atoms in total. The fraction of sp³-hybridized carbons (Fsp3) is 0.250. The maximum absolute atomic E-state index is 13.9. The lowest BCUT2D eigenvalue weighted by Crippen LogP contribution is -2.44. The molecule has 41 heavy (non-hydrogen) atoms. The molecule has 3 aromatic carbocycles. The lowest BCUT2D eigenvalue weighted by atomic mass is 9.90.